The van der Waals surface area contributed by atoms with Gasteiger partial charge in [-0.3, -0.25) is 0 Å². The highest BCUT2D eigenvalue weighted by Gasteiger charge is 1.98. The lowest BCUT2D eigenvalue weighted by atomic mass is 10.2. The predicted molar refractivity (Wildman–Crippen MR) is 62.5 cm³/mol. The minimum Gasteiger partial charge on any atom is -0.391 e. The summed E-state index contributed by atoms with van der Waals surface area (Å²) in [5.41, 5.74) is 0. The number of hydrogen-bond donors (Lipinski definition) is 1. The molecule has 3 heteroatoms. The molecular formula is C10H19ClOS. The maximum Gasteiger partial charge on any atom is 0.0769 e. The molecule has 0 aromatic rings. The van der Waals surface area contributed by atoms with Crippen LogP contribution < -0.4 is 0 Å². The zero-order valence-corrected chi connectivity index (χ0v) is 9.78. The van der Waals surface area contributed by atoms with E-state index in [1.165, 1.54) is 19.3 Å². The Morgan fingerprint density at radius 2 is 2.23 bits per heavy atom. The first-order chi connectivity index (χ1) is 6.31. The average Bonchev–Trinajstić information content (AvgIpc) is 2.16. The molecule has 0 aromatic heterocycles. The van der Waals surface area contributed by atoms with Crippen LogP contribution in [0.25, 0.3) is 0 Å². The first kappa shape index (κ1) is 13.3. The Labute approximate surface area is 90.6 Å². The lowest BCUT2D eigenvalue weighted by molar-refractivity contribution is 0.224. The van der Waals surface area contributed by atoms with Crippen molar-refractivity contribution in [3.8, 4) is 0 Å². The molecule has 0 spiro atoms. The molecular weight excluding hydrogens is 204 g/mol. The van der Waals surface area contributed by atoms with Crippen molar-refractivity contribution in [1.29, 1.82) is 0 Å². The predicted octanol–water partition coefficient (Wildman–Crippen LogP) is 3.41. The summed E-state index contributed by atoms with van der Waals surface area (Å²) in [6.45, 7) is 2.20. The molecule has 1 N–H and O–H groups in total. The minimum absolute atomic E-state index is 0.330. The van der Waals surface area contributed by atoms with Gasteiger partial charge in [0.05, 0.1) is 6.10 Å². The second-order valence-electron chi connectivity index (χ2n) is 3.01. The third-order valence-corrected chi connectivity index (χ3v) is 2.95. The van der Waals surface area contributed by atoms with E-state index < -0.39 is 0 Å². The van der Waals surface area contributed by atoms with Crippen molar-refractivity contribution in [2.75, 3.05) is 11.6 Å². The Hall–Kier alpha value is 0.340. The maximum absolute atomic E-state index is 9.11. The van der Waals surface area contributed by atoms with Crippen LogP contribution in [0.3, 0.4) is 0 Å². The summed E-state index contributed by atoms with van der Waals surface area (Å²) in [5.74, 6) is 1.03. The van der Waals surface area contributed by atoms with Gasteiger partial charge < -0.3 is 5.11 Å². The molecule has 0 aliphatic rings. The van der Waals surface area contributed by atoms with Crippen molar-refractivity contribution >= 4 is 23.4 Å². The molecule has 0 bridgehead atoms. The molecule has 0 aromatic carbocycles. The molecule has 13 heavy (non-hydrogen) atoms. The molecule has 1 atom stereocenters. The highest BCUT2D eigenvalue weighted by Crippen LogP contribution is 2.08. The Kier molecular flexibility index (Phi) is 10.7. The van der Waals surface area contributed by atoms with Gasteiger partial charge in [-0.1, -0.05) is 25.8 Å². The van der Waals surface area contributed by atoms with E-state index in [1.807, 2.05) is 0 Å². The number of hydrogen-bond acceptors (Lipinski definition) is 2. The third-order valence-electron chi connectivity index (χ3n) is 1.63. The van der Waals surface area contributed by atoms with E-state index in [2.05, 4.69) is 18.4 Å². The summed E-state index contributed by atoms with van der Waals surface area (Å²) < 4.78 is 0. The van der Waals surface area contributed by atoms with Gasteiger partial charge in [0, 0.05) is 11.6 Å². The summed E-state index contributed by atoms with van der Waals surface area (Å²) in [5, 5.41) is 11.2. The number of rotatable bonds is 8. The molecule has 0 saturated heterocycles. The average molecular weight is 223 g/mol. The summed E-state index contributed by atoms with van der Waals surface area (Å²) in [6.07, 6.45) is 6.79. The van der Waals surface area contributed by atoms with E-state index in [4.69, 9.17) is 16.7 Å². The Morgan fingerprint density at radius 3 is 2.85 bits per heavy atom. The Balaban J connectivity index is 3.12. The van der Waals surface area contributed by atoms with E-state index in [-0.39, 0.29) is 6.10 Å². The molecule has 0 fully saturated rings. The van der Waals surface area contributed by atoms with Crippen molar-refractivity contribution in [2.24, 2.45) is 0 Å². The van der Waals surface area contributed by atoms with Crippen LogP contribution in [0.1, 0.15) is 32.6 Å². The van der Waals surface area contributed by atoms with Crippen LogP contribution in [-0.2, 0) is 0 Å². The fourth-order valence-corrected chi connectivity index (χ4v) is 1.82. The minimum atomic E-state index is -0.369. The fraction of sp³-hybridized carbons (Fsp3) is 0.800. The summed E-state index contributed by atoms with van der Waals surface area (Å²) in [7, 11) is 0. The number of alkyl halides is 1. The second-order valence-corrected chi connectivity index (χ2v) is 4.26. The Morgan fingerprint density at radius 1 is 1.46 bits per heavy atom. The number of halogens is 1. The molecule has 0 heterocycles. The number of allylic oxidation sites excluding steroid dienone is 1. The first-order valence-corrected chi connectivity index (χ1v) is 6.40. The van der Waals surface area contributed by atoms with Crippen LogP contribution >= 0.6 is 23.4 Å². The van der Waals surface area contributed by atoms with E-state index >= 15 is 0 Å². The molecule has 0 aliphatic carbocycles. The van der Waals surface area contributed by atoms with Gasteiger partial charge in [-0.2, -0.15) is 0 Å². The van der Waals surface area contributed by atoms with Gasteiger partial charge in [-0.25, -0.2) is 0 Å². The largest absolute Gasteiger partial charge is 0.391 e. The molecule has 1 nitrogen and oxygen atoms in total. The smallest absolute Gasteiger partial charge is 0.0769 e. The Bertz CT molecular complexity index is 128. The van der Waals surface area contributed by atoms with E-state index in [9.17, 15) is 0 Å². The summed E-state index contributed by atoms with van der Waals surface area (Å²) in [4.78, 5) is 0. The molecule has 1 unspecified atom stereocenters. The monoisotopic (exact) mass is 222 g/mol. The van der Waals surface area contributed by atoms with Gasteiger partial charge in [-0.05, 0) is 18.2 Å². The van der Waals surface area contributed by atoms with E-state index in [0.29, 0.717) is 11.6 Å². The fourth-order valence-electron chi connectivity index (χ4n) is 0.859. The van der Waals surface area contributed by atoms with Crippen molar-refractivity contribution in [1.82, 2.24) is 0 Å². The molecule has 0 amide bonds. The van der Waals surface area contributed by atoms with Crippen LogP contribution in [0.2, 0.25) is 0 Å². The summed E-state index contributed by atoms with van der Waals surface area (Å²) >= 11 is 7.07. The van der Waals surface area contributed by atoms with Crippen molar-refractivity contribution in [2.45, 2.75) is 38.7 Å². The molecule has 0 aliphatic heterocycles. The third kappa shape index (κ3) is 10.3. The van der Waals surface area contributed by atoms with Crippen LogP contribution in [0.4, 0.5) is 0 Å². The molecule has 0 saturated carbocycles. The van der Waals surface area contributed by atoms with Crippen LogP contribution in [0.15, 0.2) is 11.5 Å². The lowest BCUT2D eigenvalue weighted by Gasteiger charge is -2.01. The molecule has 0 rings (SSSR count). The lowest BCUT2D eigenvalue weighted by Crippen LogP contribution is -2.10. The zero-order chi connectivity index (χ0) is 9.94. The highest BCUT2D eigenvalue weighted by atomic mass is 35.5. The van der Waals surface area contributed by atoms with Crippen LogP contribution in [-0.4, -0.2) is 22.8 Å². The van der Waals surface area contributed by atoms with Crippen molar-refractivity contribution in [3.63, 3.8) is 0 Å². The van der Waals surface area contributed by atoms with Gasteiger partial charge >= 0.3 is 0 Å². The second kappa shape index (κ2) is 10.4. The zero-order valence-electron chi connectivity index (χ0n) is 8.21. The highest BCUT2D eigenvalue weighted by molar-refractivity contribution is 8.02. The number of aliphatic hydroxyl groups excluding tert-OH is 1. The quantitative estimate of drug-likeness (QED) is 0.502. The van der Waals surface area contributed by atoms with Crippen molar-refractivity contribution < 1.29 is 5.11 Å². The van der Waals surface area contributed by atoms with Crippen molar-refractivity contribution in [3.05, 3.63) is 11.5 Å². The normalized spacial score (nSPS) is 13.8. The van der Waals surface area contributed by atoms with Gasteiger partial charge in [0.15, 0.2) is 0 Å². The number of unbranched alkanes of at least 4 members (excludes halogenated alkanes) is 3. The topological polar surface area (TPSA) is 20.2 Å². The van der Waals surface area contributed by atoms with E-state index in [1.54, 1.807) is 11.8 Å². The molecule has 0 radical (unpaired) electrons. The number of thioether (sulfide) groups is 1. The standard InChI is InChI=1S/C10H19ClOS/c1-2-3-4-5-6-7-13-9-10(12)8-11/h6-7,10,12H,2-5,8-9H2,1H3/b7-6+. The van der Waals surface area contributed by atoms with Gasteiger partial charge in [0.25, 0.3) is 0 Å². The number of aliphatic hydroxyl groups is 1. The van der Waals surface area contributed by atoms with Gasteiger partial charge in [-0.15, -0.1) is 23.4 Å². The molecule has 78 valence electrons. The summed E-state index contributed by atoms with van der Waals surface area (Å²) in [6, 6.07) is 0. The van der Waals surface area contributed by atoms with E-state index in [0.717, 1.165) is 6.42 Å². The van der Waals surface area contributed by atoms with Crippen LogP contribution in [0.5, 0.6) is 0 Å². The van der Waals surface area contributed by atoms with Crippen LogP contribution in [0, 0.1) is 0 Å². The first-order valence-electron chi connectivity index (χ1n) is 4.82. The van der Waals surface area contributed by atoms with Gasteiger partial charge in [0.1, 0.15) is 0 Å². The van der Waals surface area contributed by atoms with Gasteiger partial charge in [0.2, 0.25) is 0 Å². The SMILES string of the molecule is CCCCC/C=C/SCC(O)CCl. The maximum atomic E-state index is 9.11.